The second kappa shape index (κ2) is 8.26. The zero-order valence-electron chi connectivity index (χ0n) is 12.9. The van der Waals surface area contributed by atoms with Gasteiger partial charge in [0.1, 0.15) is 0 Å². The van der Waals surface area contributed by atoms with Gasteiger partial charge in [0.15, 0.2) is 0 Å². The zero-order chi connectivity index (χ0) is 13.5. The summed E-state index contributed by atoms with van der Waals surface area (Å²) in [5.74, 6) is 8.69. The summed E-state index contributed by atoms with van der Waals surface area (Å²) in [5, 5.41) is 0. The van der Waals surface area contributed by atoms with E-state index in [-0.39, 0.29) is 0 Å². The van der Waals surface area contributed by atoms with Crippen LogP contribution in [0.4, 0.5) is 0 Å². The molecule has 1 unspecified atom stereocenters. The third-order valence-corrected chi connectivity index (χ3v) is 5.73. The molecule has 0 radical (unpaired) electrons. The zero-order valence-corrected chi connectivity index (χ0v) is 12.9. The molecule has 2 rings (SSSR count). The van der Waals surface area contributed by atoms with Crippen molar-refractivity contribution >= 4 is 0 Å². The summed E-state index contributed by atoms with van der Waals surface area (Å²) in [6.07, 6.45) is 17.1. The number of hydrogen-bond acceptors (Lipinski definition) is 2. The van der Waals surface area contributed by atoms with Crippen LogP contribution >= 0.6 is 0 Å². The molecular formula is C17H34N2. The van der Waals surface area contributed by atoms with Gasteiger partial charge in [0.05, 0.1) is 0 Å². The third kappa shape index (κ3) is 4.75. The molecule has 0 amide bonds. The van der Waals surface area contributed by atoms with Crippen LogP contribution < -0.4 is 11.3 Å². The summed E-state index contributed by atoms with van der Waals surface area (Å²) in [7, 11) is 0. The van der Waals surface area contributed by atoms with Crippen LogP contribution in [0.5, 0.6) is 0 Å². The second-order valence-electron chi connectivity index (χ2n) is 7.07. The highest BCUT2D eigenvalue weighted by Crippen LogP contribution is 2.35. The monoisotopic (exact) mass is 266 g/mol. The van der Waals surface area contributed by atoms with Crippen LogP contribution in [0.25, 0.3) is 0 Å². The Morgan fingerprint density at radius 1 is 0.947 bits per heavy atom. The fourth-order valence-corrected chi connectivity index (χ4v) is 4.46. The van der Waals surface area contributed by atoms with Crippen molar-refractivity contribution in [1.29, 1.82) is 0 Å². The SMILES string of the molecule is CCCC1CCC(C(CCC2CCCC2)NN)CC1. The largest absolute Gasteiger partial charge is 0.271 e. The van der Waals surface area contributed by atoms with Gasteiger partial charge in [-0.2, -0.15) is 0 Å². The van der Waals surface area contributed by atoms with Crippen molar-refractivity contribution in [3.8, 4) is 0 Å². The molecule has 19 heavy (non-hydrogen) atoms. The Morgan fingerprint density at radius 2 is 1.58 bits per heavy atom. The Hall–Kier alpha value is -0.0800. The highest BCUT2D eigenvalue weighted by molar-refractivity contribution is 4.82. The van der Waals surface area contributed by atoms with Crippen molar-refractivity contribution in [1.82, 2.24) is 5.43 Å². The minimum Gasteiger partial charge on any atom is -0.271 e. The molecule has 2 saturated carbocycles. The van der Waals surface area contributed by atoms with Gasteiger partial charge in [-0.05, 0) is 43.4 Å². The van der Waals surface area contributed by atoms with E-state index in [1.807, 2.05) is 0 Å². The van der Waals surface area contributed by atoms with E-state index in [0.29, 0.717) is 6.04 Å². The lowest BCUT2D eigenvalue weighted by molar-refractivity contribution is 0.201. The van der Waals surface area contributed by atoms with Crippen LogP contribution in [0.15, 0.2) is 0 Å². The van der Waals surface area contributed by atoms with E-state index in [1.165, 1.54) is 77.0 Å². The first-order valence-corrected chi connectivity index (χ1v) is 8.79. The van der Waals surface area contributed by atoms with Gasteiger partial charge >= 0.3 is 0 Å². The minimum absolute atomic E-state index is 0.586. The van der Waals surface area contributed by atoms with Crippen LogP contribution in [-0.2, 0) is 0 Å². The van der Waals surface area contributed by atoms with Gasteiger partial charge in [0, 0.05) is 6.04 Å². The van der Waals surface area contributed by atoms with Gasteiger partial charge in [-0.25, -0.2) is 0 Å². The van der Waals surface area contributed by atoms with Crippen molar-refractivity contribution < 1.29 is 0 Å². The molecule has 0 saturated heterocycles. The van der Waals surface area contributed by atoms with Crippen LogP contribution in [0.3, 0.4) is 0 Å². The summed E-state index contributed by atoms with van der Waals surface area (Å²) in [6, 6.07) is 0.586. The van der Waals surface area contributed by atoms with Crippen LogP contribution in [-0.4, -0.2) is 6.04 Å². The van der Waals surface area contributed by atoms with E-state index < -0.39 is 0 Å². The van der Waals surface area contributed by atoms with Gasteiger partial charge in [0.2, 0.25) is 0 Å². The molecule has 3 N–H and O–H groups in total. The number of hydrogen-bond donors (Lipinski definition) is 2. The lowest BCUT2D eigenvalue weighted by atomic mass is 9.76. The first kappa shape index (κ1) is 15.3. The maximum Gasteiger partial charge on any atom is 0.0238 e. The number of hydrazine groups is 1. The second-order valence-corrected chi connectivity index (χ2v) is 7.07. The van der Waals surface area contributed by atoms with Crippen molar-refractivity contribution in [2.75, 3.05) is 0 Å². The molecule has 112 valence electrons. The smallest absolute Gasteiger partial charge is 0.0238 e. The summed E-state index contributed by atoms with van der Waals surface area (Å²) in [5.41, 5.74) is 3.14. The van der Waals surface area contributed by atoms with E-state index >= 15 is 0 Å². The molecule has 2 aliphatic rings. The molecule has 1 atom stereocenters. The maximum absolute atomic E-state index is 5.83. The van der Waals surface area contributed by atoms with Gasteiger partial charge in [0.25, 0.3) is 0 Å². The molecular weight excluding hydrogens is 232 g/mol. The summed E-state index contributed by atoms with van der Waals surface area (Å²) in [6.45, 7) is 2.32. The summed E-state index contributed by atoms with van der Waals surface area (Å²) < 4.78 is 0. The molecule has 0 aromatic carbocycles. The molecule has 0 aromatic heterocycles. The van der Waals surface area contributed by atoms with Gasteiger partial charge < -0.3 is 0 Å². The maximum atomic E-state index is 5.83. The summed E-state index contributed by atoms with van der Waals surface area (Å²) in [4.78, 5) is 0. The Balaban J connectivity index is 1.69. The van der Waals surface area contributed by atoms with Gasteiger partial charge in [-0.1, -0.05) is 58.3 Å². The molecule has 2 nitrogen and oxygen atoms in total. The lowest BCUT2D eigenvalue weighted by Crippen LogP contribution is -2.42. The number of rotatable bonds is 7. The van der Waals surface area contributed by atoms with E-state index in [9.17, 15) is 0 Å². The van der Waals surface area contributed by atoms with E-state index in [1.54, 1.807) is 0 Å². The fraction of sp³-hybridized carbons (Fsp3) is 1.00. The van der Waals surface area contributed by atoms with Crippen LogP contribution in [0.1, 0.15) is 84.0 Å². The minimum atomic E-state index is 0.586. The van der Waals surface area contributed by atoms with E-state index in [4.69, 9.17) is 5.84 Å². The average Bonchev–Trinajstić information content (AvgIpc) is 2.95. The Kier molecular flexibility index (Phi) is 6.66. The van der Waals surface area contributed by atoms with Crippen LogP contribution in [0.2, 0.25) is 0 Å². The lowest BCUT2D eigenvalue weighted by Gasteiger charge is -2.34. The summed E-state index contributed by atoms with van der Waals surface area (Å²) >= 11 is 0. The molecule has 2 heteroatoms. The molecule has 0 aromatic rings. The predicted molar refractivity (Wildman–Crippen MR) is 82.7 cm³/mol. The van der Waals surface area contributed by atoms with Crippen LogP contribution in [0, 0.1) is 17.8 Å². The molecule has 0 heterocycles. The molecule has 0 aliphatic heterocycles. The molecule has 2 fully saturated rings. The van der Waals surface area contributed by atoms with E-state index in [2.05, 4.69) is 12.3 Å². The Labute approximate surface area is 119 Å². The van der Waals surface area contributed by atoms with Gasteiger partial charge in [-0.3, -0.25) is 11.3 Å². The van der Waals surface area contributed by atoms with E-state index in [0.717, 1.165) is 17.8 Å². The number of nitrogens with two attached hydrogens (primary N) is 1. The van der Waals surface area contributed by atoms with Crippen molar-refractivity contribution in [3.05, 3.63) is 0 Å². The average molecular weight is 266 g/mol. The van der Waals surface area contributed by atoms with Crippen molar-refractivity contribution in [2.45, 2.75) is 90.0 Å². The third-order valence-electron chi connectivity index (χ3n) is 5.73. The molecule has 0 bridgehead atoms. The first-order valence-electron chi connectivity index (χ1n) is 8.79. The predicted octanol–water partition coefficient (Wildman–Crippen LogP) is 4.40. The Morgan fingerprint density at radius 3 is 2.16 bits per heavy atom. The number of nitrogens with one attached hydrogen (secondary N) is 1. The normalized spacial score (nSPS) is 30.6. The topological polar surface area (TPSA) is 38.0 Å². The molecule has 0 spiro atoms. The van der Waals surface area contributed by atoms with Crippen molar-refractivity contribution in [2.24, 2.45) is 23.6 Å². The first-order chi connectivity index (χ1) is 9.33. The fourth-order valence-electron chi connectivity index (χ4n) is 4.46. The molecule has 2 aliphatic carbocycles. The highest BCUT2D eigenvalue weighted by Gasteiger charge is 2.27. The standard InChI is InChI=1S/C17H34N2/c1-2-5-14-8-11-16(12-9-14)17(19-18)13-10-15-6-3-4-7-15/h14-17,19H,2-13,18H2,1H3. The van der Waals surface area contributed by atoms with Crippen molar-refractivity contribution in [3.63, 3.8) is 0 Å². The quantitative estimate of drug-likeness (QED) is 0.529. The van der Waals surface area contributed by atoms with Gasteiger partial charge in [-0.15, -0.1) is 0 Å². The Bertz CT molecular complexity index is 227. The highest BCUT2D eigenvalue weighted by atomic mass is 15.2.